The number of rotatable bonds is 3. The van der Waals surface area contributed by atoms with E-state index in [4.69, 9.17) is 16.7 Å². The van der Waals surface area contributed by atoms with Gasteiger partial charge in [0.25, 0.3) is 5.91 Å². The van der Waals surface area contributed by atoms with Crippen LogP contribution in [0.4, 0.5) is 0 Å². The van der Waals surface area contributed by atoms with Crippen LogP contribution in [0.1, 0.15) is 41.6 Å². The number of primary sulfonamides is 1. The Hall–Kier alpha value is -1.11. The van der Waals surface area contributed by atoms with E-state index >= 15 is 0 Å². The minimum Gasteiger partial charge on any atom is -0.349 e. The van der Waals surface area contributed by atoms with Crippen molar-refractivity contribution in [3.63, 3.8) is 0 Å². The zero-order chi connectivity index (χ0) is 14.9. The number of benzene rings is 1. The largest absolute Gasteiger partial charge is 0.349 e. The Bertz CT molecular complexity index is 637. The smallest absolute Gasteiger partial charge is 0.251 e. The van der Waals surface area contributed by atoms with Gasteiger partial charge in [-0.2, -0.15) is 0 Å². The lowest BCUT2D eigenvalue weighted by atomic mass is 10.1. The van der Waals surface area contributed by atoms with E-state index in [1.54, 1.807) is 13.0 Å². The SMILES string of the molecule is Cc1cc(C(=O)NC2CCCC2)cc(S(N)(=O)=O)c1Cl. The second-order valence-electron chi connectivity index (χ2n) is 5.11. The average molecular weight is 317 g/mol. The van der Waals surface area contributed by atoms with Crippen LogP contribution in [-0.2, 0) is 10.0 Å². The summed E-state index contributed by atoms with van der Waals surface area (Å²) in [4.78, 5) is 11.9. The lowest BCUT2D eigenvalue weighted by Crippen LogP contribution is -2.32. The van der Waals surface area contributed by atoms with Gasteiger partial charge in [0.1, 0.15) is 4.90 Å². The number of amides is 1. The topological polar surface area (TPSA) is 89.3 Å². The van der Waals surface area contributed by atoms with Crippen LogP contribution in [-0.4, -0.2) is 20.4 Å². The van der Waals surface area contributed by atoms with Crippen LogP contribution in [0.25, 0.3) is 0 Å². The number of carbonyl (C=O) groups is 1. The molecule has 7 heteroatoms. The van der Waals surface area contributed by atoms with Crippen molar-refractivity contribution < 1.29 is 13.2 Å². The van der Waals surface area contributed by atoms with E-state index in [0.717, 1.165) is 25.7 Å². The van der Waals surface area contributed by atoms with Crippen molar-refractivity contribution in [1.82, 2.24) is 5.32 Å². The molecule has 1 aromatic carbocycles. The van der Waals surface area contributed by atoms with Crippen LogP contribution in [0.15, 0.2) is 17.0 Å². The third-order valence-electron chi connectivity index (χ3n) is 3.48. The monoisotopic (exact) mass is 316 g/mol. The van der Waals surface area contributed by atoms with Crippen LogP contribution in [0.3, 0.4) is 0 Å². The minimum atomic E-state index is -3.95. The maximum Gasteiger partial charge on any atom is 0.251 e. The molecule has 0 bridgehead atoms. The fourth-order valence-electron chi connectivity index (χ4n) is 2.41. The quantitative estimate of drug-likeness (QED) is 0.893. The number of halogens is 1. The molecule has 1 aliphatic carbocycles. The molecule has 0 heterocycles. The summed E-state index contributed by atoms with van der Waals surface area (Å²) in [6.07, 6.45) is 4.13. The van der Waals surface area contributed by atoms with Gasteiger partial charge in [0, 0.05) is 11.6 Å². The molecule has 0 unspecified atom stereocenters. The molecular weight excluding hydrogens is 300 g/mol. The van der Waals surface area contributed by atoms with Crippen molar-refractivity contribution in [1.29, 1.82) is 0 Å². The first-order valence-corrected chi connectivity index (χ1v) is 8.35. The maximum absolute atomic E-state index is 12.2. The van der Waals surface area contributed by atoms with Crippen LogP contribution >= 0.6 is 11.6 Å². The Morgan fingerprint density at radius 3 is 2.50 bits per heavy atom. The highest BCUT2D eigenvalue weighted by atomic mass is 35.5. The first-order chi connectivity index (χ1) is 9.29. The third kappa shape index (κ3) is 3.31. The predicted molar refractivity (Wildman–Crippen MR) is 77.3 cm³/mol. The molecule has 3 N–H and O–H groups in total. The van der Waals surface area contributed by atoms with E-state index in [9.17, 15) is 13.2 Å². The maximum atomic E-state index is 12.2. The molecule has 0 saturated heterocycles. The fraction of sp³-hybridized carbons (Fsp3) is 0.462. The van der Waals surface area contributed by atoms with E-state index < -0.39 is 10.0 Å². The van der Waals surface area contributed by atoms with Gasteiger partial charge in [-0.05, 0) is 37.5 Å². The predicted octanol–water partition coefficient (Wildman–Crippen LogP) is 1.97. The lowest BCUT2D eigenvalue weighted by Gasteiger charge is -2.13. The van der Waals surface area contributed by atoms with Gasteiger partial charge in [-0.25, -0.2) is 13.6 Å². The molecule has 1 aromatic rings. The summed E-state index contributed by atoms with van der Waals surface area (Å²) >= 11 is 5.93. The van der Waals surface area contributed by atoms with Crippen LogP contribution in [0, 0.1) is 6.92 Å². The number of carbonyl (C=O) groups excluding carboxylic acids is 1. The molecule has 1 amide bonds. The van der Waals surface area contributed by atoms with Crippen LogP contribution in [0.2, 0.25) is 5.02 Å². The number of nitrogens with two attached hydrogens (primary N) is 1. The number of aryl methyl sites for hydroxylation is 1. The Balaban J connectivity index is 2.32. The van der Waals surface area contributed by atoms with Crippen molar-refractivity contribution in [2.75, 3.05) is 0 Å². The second-order valence-corrected chi connectivity index (χ2v) is 7.01. The van der Waals surface area contributed by atoms with E-state index in [2.05, 4.69) is 5.32 Å². The molecular formula is C13H17ClN2O3S. The van der Waals surface area contributed by atoms with E-state index in [0.29, 0.717) is 5.56 Å². The van der Waals surface area contributed by atoms with Gasteiger partial charge in [-0.3, -0.25) is 4.79 Å². The van der Waals surface area contributed by atoms with Crippen molar-refractivity contribution in [2.45, 2.75) is 43.5 Å². The molecule has 110 valence electrons. The summed E-state index contributed by atoms with van der Waals surface area (Å²) in [5, 5.41) is 8.08. The zero-order valence-electron chi connectivity index (χ0n) is 11.1. The minimum absolute atomic E-state index is 0.0601. The van der Waals surface area contributed by atoms with Crippen molar-refractivity contribution in [2.24, 2.45) is 5.14 Å². The molecule has 0 aliphatic heterocycles. The summed E-state index contributed by atoms with van der Waals surface area (Å²) in [7, 11) is -3.95. The Kier molecular flexibility index (Phi) is 4.36. The van der Waals surface area contributed by atoms with Gasteiger partial charge in [0.15, 0.2) is 0 Å². The molecule has 2 rings (SSSR count). The molecule has 20 heavy (non-hydrogen) atoms. The summed E-state index contributed by atoms with van der Waals surface area (Å²) in [5.74, 6) is -0.290. The highest BCUT2D eigenvalue weighted by molar-refractivity contribution is 7.89. The summed E-state index contributed by atoms with van der Waals surface area (Å²) < 4.78 is 23.0. The van der Waals surface area contributed by atoms with Gasteiger partial charge in [-0.15, -0.1) is 0 Å². The van der Waals surface area contributed by atoms with Crippen molar-refractivity contribution >= 4 is 27.5 Å². The normalized spacial score (nSPS) is 16.4. The zero-order valence-corrected chi connectivity index (χ0v) is 12.7. The molecule has 0 atom stereocenters. The number of nitrogens with one attached hydrogen (secondary N) is 1. The standard InChI is InChI=1S/C13H17ClN2O3S/c1-8-6-9(7-11(12(8)14)20(15,18)19)13(17)16-10-4-2-3-5-10/h6-7,10H,2-5H2,1H3,(H,16,17)(H2,15,18,19). The first-order valence-electron chi connectivity index (χ1n) is 6.43. The van der Waals surface area contributed by atoms with E-state index in [-0.39, 0.29) is 27.4 Å². The van der Waals surface area contributed by atoms with E-state index in [1.807, 2.05) is 0 Å². The Morgan fingerprint density at radius 1 is 1.35 bits per heavy atom. The van der Waals surface area contributed by atoms with Crippen molar-refractivity contribution in [3.05, 3.63) is 28.3 Å². The van der Waals surface area contributed by atoms with E-state index in [1.165, 1.54) is 6.07 Å². The Morgan fingerprint density at radius 2 is 1.95 bits per heavy atom. The number of sulfonamides is 1. The van der Waals surface area contributed by atoms with Crippen LogP contribution in [0.5, 0.6) is 0 Å². The van der Waals surface area contributed by atoms with Gasteiger partial charge < -0.3 is 5.32 Å². The lowest BCUT2D eigenvalue weighted by molar-refractivity contribution is 0.0937. The molecule has 1 saturated carbocycles. The fourth-order valence-corrected chi connectivity index (χ4v) is 3.55. The first kappa shape index (κ1) is 15.3. The highest BCUT2D eigenvalue weighted by Gasteiger charge is 2.21. The molecule has 1 fully saturated rings. The van der Waals surface area contributed by atoms with Gasteiger partial charge >= 0.3 is 0 Å². The van der Waals surface area contributed by atoms with Crippen molar-refractivity contribution in [3.8, 4) is 0 Å². The molecule has 1 aliphatic rings. The van der Waals surface area contributed by atoms with Gasteiger partial charge in [-0.1, -0.05) is 24.4 Å². The summed E-state index contributed by atoms with van der Waals surface area (Å²) in [5.41, 5.74) is 0.776. The Labute approximate surface area is 123 Å². The van der Waals surface area contributed by atoms with Crippen LogP contribution < -0.4 is 10.5 Å². The van der Waals surface area contributed by atoms with Gasteiger partial charge in [0.05, 0.1) is 5.02 Å². The molecule has 0 radical (unpaired) electrons. The highest BCUT2D eigenvalue weighted by Crippen LogP contribution is 2.26. The van der Waals surface area contributed by atoms with Gasteiger partial charge in [0.2, 0.25) is 10.0 Å². The summed E-state index contributed by atoms with van der Waals surface area (Å²) in [6.45, 7) is 1.64. The third-order valence-corrected chi connectivity index (χ3v) is 5.03. The molecule has 0 spiro atoms. The number of hydrogen-bond acceptors (Lipinski definition) is 3. The average Bonchev–Trinajstić information content (AvgIpc) is 2.83. The molecule has 5 nitrogen and oxygen atoms in total. The number of hydrogen-bond donors (Lipinski definition) is 2. The molecule has 0 aromatic heterocycles. The second kappa shape index (κ2) is 5.71. The summed E-state index contributed by atoms with van der Waals surface area (Å²) in [6, 6.07) is 2.97.